The van der Waals surface area contributed by atoms with Crippen LogP contribution in [-0.4, -0.2) is 40.8 Å². The molecule has 2 atom stereocenters. The van der Waals surface area contributed by atoms with Crippen molar-refractivity contribution in [1.82, 2.24) is 14.9 Å². The Morgan fingerprint density at radius 3 is 2.95 bits per heavy atom. The zero-order chi connectivity index (χ0) is 14.1. The average Bonchev–Trinajstić information content (AvgIpc) is 2.80. The number of aryl methyl sites for hydroxylation is 1. The summed E-state index contributed by atoms with van der Waals surface area (Å²) in [6.07, 6.45) is 1.64. The van der Waals surface area contributed by atoms with Crippen LogP contribution in [-0.2, 0) is 16.6 Å². The van der Waals surface area contributed by atoms with E-state index in [9.17, 15) is 4.79 Å². The first-order valence-corrected chi connectivity index (χ1v) is 6.72. The molecule has 0 unspecified atom stereocenters. The van der Waals surface area contributed by atoms with Crippen LogP contribution in [0.1, 0.15) is 6.92 Å². The van der Waals surface area contributed by atoms with E-state index in [1.54, 1.807) is 6.33 Å². The largest absolute Gasteiger partial charge is 0.375 e. The molecule has 0 aliphatic carbocycles. The number of ether oxygens (including phenoxy) is 1. The second-order valence-corrected chi connectivity index (χ2v) is 5.06. The molecule has 2 aromatic rings. The third kappa shape index (κ3) is 3.70. The van der Waals surface area contributed by atoms with E-state index >= 15 is 0 Å². The standard InChI is InChI=1S/C14H18N4O2.2ClH/c1-9-13(15-5-6-20-9)14(19)17-10-3-4-12-11(7-10)16-8-18(12)2;;/h3-4,7-9,13,15H,5-6H2,1-2H3,(H,17,19);2*1H/t9-,13+;;/m1../s1. The van der Waals surface area contributed by atoms with Crippen LogP contribution in [0.2, 0.25) is 0 Å². The van der Waals surface area contributed by atoms with Gasteiger partial charge in [0.25, 0.3) is 0 Å². The number of halogens is 2. The van der Waals surface area contributed by atoms with Gasteiger partial charge in [0.2, 0.25) is 5.91 Å². The highest BCUT2D eigenvalue weighted by molar-refractivity contribution is 5.96. The zero-order valence-corrected chi connectivity index (χ0v) is 14.0. The lowest BCUT2D eigenvalue weighted by molar-refractivity contribution is -0.123. The van der Waals surface area contributed by atoms with E-state index < -0.39 is 0 Å². The fraction of sp³-hybridized carbons (Fsp3) is 0.429. The normalized spacial score (nSPS) is 20.8. The minimum atomic E-state index is -0.317. The fourth-order valence-electron chi connectivity index (χ4n) is 2.46. The summed E-state index contributed by atoms with van der Waals surface area (Å²) in [5.41, 5.74) is 2.66. The number of nitrogens with one attached hydrogen (secondary N) is 2. The number of amides is 1. The first kappa shape index (κ1) is 18.7. The van der Waals surface area contributed by atoms with Gasteiger partial charge < -0.3 is 19.9 Å². The van der Waals surface area contributed by atoms with E-state index in [4.69, 9.17) is 4.74 Å². The van der Waals surface area contributed by atoms with Crippen LogP contribution in [0.5, 0.6) is 0 Å². The third-order valence-corrected chi connectivity index (χ3v) is 3.59. The molecule has 0 saturated carbocycles. The molecule has 2 N–H and O–H groups in total. The molecule has 0 radical (unpaired) electrons. The summed E-state index contributed by atoms with van der Waals surface area (Å²) in [6.45, 7) is 3.24. The van der Waals surface area contributed by atoms with Crippen molar-refractivity contribution < 1.29 is 9.53 Å². The number of rotatable bonds is 2. The van der Waals surface area contributed by atoms with Crippen LogP contribution in [0.4, 0.5) is 5.69 Å². The Balaban J connectivity index is 0.00000121. The van der Waals surface area contributed by atoms with Gasteiger partial charge in [0, 0.05) is 19.3 Å². The van der Waals surface area contributed by atoms with Crippen molar-refractivity contribution in [1.29, 1.82) is 0 Å². The summed E-state index contributed by atoms with van der Waals surface area (Å²) in [4.78, 5) is 16.5. The molecule has 1 aromatic heterocycles. The summed E-state index contributed by atoms with van der Waals surface area (Å²) < 4.78 is 7.43. The molecule has 1 fully saturated rings. The molecule has 1 amide bonds. The molecule has 0 bridgehead atoms. The number of fused-ring (bicyclic) bond motifs is 1. The molecule has 1 aromatic carbocycles. The van der Waals surface area contributed by atoms with Gasteiger partial charge in [-0.1, -0.05) is 0 Å². The summed E-state index contributed by atoms with van der Waals surface area (Å²) in [5.74, 6) is -0.0764. The maximum absolute atomic E-state index is 12.2. The van der Waals surface area contributed by atoms with E-state index in [2.05, 4.69) is 15.6 Å². The van der Waals surface area contributed by atoms with Crippen molar-refractivity contribution >= 4 is 47.4 Å². The van der Waals surface area contributed by atoms with Crippen molar-refractivity contribution in [3.8, 4) is 0 Å². The Hall–Kier alpha value is -1.34. The molecular formula is C14H20Cl2N4O2. The number of hydrogen-bond donors (Lipinski definition) is 2. The topological polar surface area (TPSA) is 68.2 Å². The SMILES string of the molecule is C[C@H]1OCCN[C@@H]1C(=O)Nc1ccc2c(c1)ncn2C.Cl.Cl. The molecular weight excluding hydrogens is 327 g/mol. The molecule has 0 spiro atoms. The summed E-state index contributed by atoms with van der Waals surface area (Å²) >= 11 is 0. The van der Waals surface area contributed by atoms with Crippen LogP contribution in [0.25, 0.3) is 11.0 Å². The third-order valence-electron chi connectivity index (χ3n) is 3.59. The van der Waals surface area contributed by atoms with Gasteiger partial charge in [0.1, 0.15) is 6.04 Å². The van der Waals surface area contributed by atoms with Gasteiger partial charge in [-0.25, -0.2) is 4.98 Å². The van der Waals surface area contributed by atoms with Gasteiger partial charge in [-0.3, -0.25) is 4.79 Å². The quantitative estimate of drug-likeness (QED) is 0.868. The Kier molecular flexibility index (Phi) is 6.62. The molecule has 1 saturated heterocycles. The van der Waals surface area contributed by atoms with Gasteiger partial charge in [-0.2, -0.15) is 0 Å². The van der Waals surface area contributed by atoms with Crippen molar-refractivity contribution in [3.63, 3.8) is 0 Å². The first-order chi connectivity index (χ1) is 9.65. The Morgan fingerprint density at radius 1 is 1.45 bits per heavy atom. The highest BCUT2D eigenvalue weighted by Gasteiger charge is 2.28. The van der Waals surface area contributed by atoms with Crippen LogP contribution in [0.15, 0.2) is 24.5 Å². The van der Waals surface area contributed by atoms with Gasteiger partial charge in [0.15, 0.2) is 0 Å². The Morgan fingerprint density at radius 2 is 2.23 bits per heavy atom. The van der Waals surface area contributed by atoms with E-state index in [1.807, 2.05) is 36.7 Å². The van der Waals surface area contributed by atoms with Crippen LogP contribution in [0, 0.1) is 0 Å². The Bertz CT molecular complexity index is 647. The molecule has 1 aliphatic rings. The van der Waals surface area contributed by atoms with Gasteiger partial charge >= 0.3 is 0 Å². The number of carbonyl (C=O) groups excluding carboxylic acids is 1. The Labute approximate surface area is 141 Å². The molecule has 3 rings (SSSR count). The van der Waals surface area contributed by atoms with Crippen molar-refractivity contribution in [3.05, 3.63) is 24.5 Å². The molecule has 22 heavy (non-hydrogen) atoms. The number of nitrogens with zero attached hydrogens (tertiary/aromatic N) is 2. The highest BCUT2D eigenvalue weighted by atomic mass is 35.5. The fourth-order valence-corrected chi connectivity index (χ4v) is 2.46. The van der Waals surface area contributed by atoms with Gasteiger partial charge in [-0.15, -0.1) is 24.8 Å². The smallest absolute Gasteiger partial charge is 0.244 e. The van der Waals surface area contributed by atoms with Crippen molar-refractivity contribution in [2.24, 2.45) is 7.05 Å². The van der Waals surface area contributed by atoms with Gasteiger partial charge in [0.05, 0.1) is 30.1 Å². The number of imidazole rings is 1. The molecule has 6 nitrogen and oxygen atoms in total. The predicted octanol–water partition coefficient (Wildman–Crippen LogP) is 1.73. The monoisotopic (exact) mass is 346 g/mol. The maximum Gasteiger partial charge on any atom is 0.244 e. The van der Waals surface area contributed by atoms with E-state index in [0.717, 1.165) is 16.7 Å². The first-order valence-electron chi connectivity index (χ1n) is 6.72. The minimum Gasteiger partial charge on any atom is -0.375 e. The lowest BCUT2D eigenvalue weighted by Gasteiger charge is -2.29. The number of carbonyl (C=O) groups is 1. The molecule has 2 heterocycles. The van der Waals surface area contributed by atoms with Crippen LogP contribution in [0.3, 0.4) is 0 Å². The lowest BCUT2D eigenvalue weighted by atomic mass is 10.1. The lowest BCUT2D eigenvalue weighted by Crippen LogP contribution is -2.53. The van der Waals surface area contributed by atoms with Crippen molar-refractivity contribution in [2.45, 2.75) is 19.1 Å². The van der Waals surface area contributed by atoms with E-state index in [0.29, 0.717) is 13.2 Å². The van der Waals surface area contributed by atoms with E-state index in [1.165, 1.54) is 0 Å². The predicted molar refractivity (Wildman–Crippen MR) is 91.0 cm³/mol. The number of hydrogen-bond acceptors (Lipinski definition) is 4. The van der Waals surface area contributed by atoms with Gasteiger partial charge in [-0.05, 0) is 25.1 Å². The van der Waals surface area contributed by atoms with Crippen LogP contribution < -0.4 is 10.6 Å². The minimum absolute atomic E-state index is 0. The second-order valence-electron chi connectivity index (χ2n) is 5.06. The maximum atomic E-state index is 12.2. The number of morpholine rings is 1. The summed E-state index contributed by atoms with van der Waals surface area (Å²) in [5, 5.41) is 6.09. The highest BCUT2D eigenvalue weighted by Crippen LogP contribution is 2.18. The molecule has 8 heteroatoms. The number of anilines is 1. The van der Waals surface area contributed by atoms with E-state index in [-0.39, 0.29) is 42.9 Å². The average molecular weight is 347 g/mol. The second kappa shape index (κ2) is 7.78. The summed E-state index contributed by atoms with van der Waals surface area (Å²) in [6, 6.07) is 5.40. The summed E-state index contributed by atoms with van der Waals surface area (Å²) in [7, 11) is 1.94. The molecule has 1 aliphatic heterocycles. The van der Waals surface area contributed by atoms with Crippen molar-refractivity contribution in [2.75, 3.05) is 18.5 Å². The molecule has 122 valence electrons. The van der Waals surface area contributed by atoms with Crippen LogP contribution >= 0.6 is 24.8 Å². The number of benzene rings is 1. The number of aromatic nitrogens is 2. The zero-order valence-electron chi connectivity index (χ0n) is 12.4.